The maximum atomic E-state index is 5.06. The van der Waals surface area contributed by atoms with E-state index in [4.69, 9.17) is 4.98 Å². The molecule has 2 bridgehead atoms. The van der Waals surface area contributed by atoms with E-state index >= 15 is 0 Å². The molecule has 4 heteroatoms. The largest absolute Gasteiger partial charge is 0.355 e. The van der Waals surface area contributed by atoms with Crippen molar-refractivity contribution in [1.29, 1.82) is 0 Å². The average Bonchev–Trinajstić information content (AvgIpc) is 3.98. The first-order chi connectivity index (χ1) is 35.6. The first kappa shape index (κ1) is 47.1. The van der Waals surface area contributed by atoms with Crippen LogP contribution in [0.25, 0.3) is 99.0 Å². The van der Waals surface area contributed by atoms with E-state index < -0.39 is 0 Å². The number of hydrogen-bond donors (Lipinski definition) is 1. The molecule has 0 fully saturated rings. The SMILES string of the molecule is C=C(/C=C\c1ccc2cc1-c1c(ccc3cc(C(C)(C)C)ccc13)Nc1cc(-c3cnc4ccccc4c3)cc3c1B2c1cc2cc(C(C)(C)C)ccc2c2c4c5ccc(C(C)(C)C)cc5ccc4n-3c12)C(C)(C)C. The first-order valence-corrected chi connectivity index (χ1v) is 27.0. The van der Waals surface area contributed by atoms with Crippen molar-refractivity contribution < 1.29 is 0 Å². The van der Waals surface area contributed by atoms with E-state index in [2.05, 4.69) is 263 Å². The summed E-state index contributed by atoms with van der Waals surface area (Å²) >= 11 is 0. The van der Waals surface area contributed by atoms with Crippen LogP contribution in [-0.4, -0.2) is 16.3 Å². The van der Waals surface area contributed by atoms with Gasteiger partial charge in [-0.1, -0.05) is 216 Å². The van der Waals surface area contributed by atoms with Crippen molar-refractivity contribution in [2.24, 2.45) is 5.41 Å². The lowest BCUT2D eigenvalue weighted by Crippen LogP contribution is -2.56. The summed E-state index contributed by atoms with van der Waals surface area (Å²) in [7, 11) is 0. The van der Waals surface area contributed by atoms with Gasteiger partial charge in [0.15, 0.2) is 0 Å². The number of aromatic nitrogens is 2. The summed E-state index contributed by atoms with van der Waals surface area (Å²) in [6, 6.07) is 56.5. The molecule has 368 valence electrons. The van der Waals surface area contributed by atoms with Gasteiger partial charge >= 0.3 is 0 Å². The average molecular weight is 972 g/mol. The molecule has 1 N–H and O–H groups in total. The summed E-state index contributed by atoms with van der Waals surface area (Å²) in [5.74, 6) is 0. The summed E-state index contributed by atoms with van der Waals surface area (Å²) in [4.78, 5) is 5.06. The number of nitrogens with one attached hydrogen (secondary N) is 1. The van der Waals surface area contributed by atoms with E-state index in [9.17, 15) is 0 Å². The summed E-state index contributed by atoms with van der Waals surface area (Å²) in [5.41, 5.74) is 21.4. The molecular formula is C71H66BN3. The third-order valence-corrected chi connectivity index (χ3v) is 16.8. The van der Waals surface area contributed by atoms with Gasteiger partial charge in [-0.3, -0.25) is 4.98 Å². The van der Waals surface area contributed by atoms with Gasteiger partial charge in [0.25, 0.3) is 0 Å². The third kappa shape index (κ3) is 7.49. The second-order valence-electron chi connectivity index (χ2n) is 25.9. The molecule has 3 nitrogen and oxygen atoms in total. The molecule has 2 aliphatic rings. The van der Waals surface area contributed by atoms with E-state index in [1.54, 1.807) is 0 Å². The Morgan fingerprint density at radius 2 is 1.20 bits per heavy atom. The standard InChI is InChI=1S/C71H66BN3/c1-41(68(2,3)4)18-19-42-20-26-52-39-56(42)63-53-27-23-49(69(5,6)7)33-43(53)21-30-59(63)74-60-37-46(48-32-45-16-14-15-17-58(45)73-40-48)38-62-66(60)72(52)57-36-47-35-51(71(11,12)13)25-29-55(47)65-64-54-28-24-50(70(8,9)10)34-44(54)22-31-61(64)75(62)67(57)65/h14-40,74H,1H2,2-13H3/b19-18-. The third-order valence-electron chi connectivity index (χ3n) is 16.8. The van der Waals surface area contributed by atoms with E-state index in [1.165, 1.54) is 110 Å². The highest BCUT2D eigenvalue weighted by atomic mass is 15.0. The Hall–Kier alpha value is -7.69. The molecule has 2 aliphatic heterocycles. The molecule has 0 amide bonds. The van der Waals surface area contributed by atoms with Gasteiger partial charge in [-0.25, -0.2) is 0 Å². The van der Waals surface area contributed by atoms with Gasteiger partial charge in [-0.15, -0.1) is 0 Å². The molecule has 13 rings (SSSR count). The number of para-hydroxylation sites is 1. The topological polar surface area (TPSA) is 29.9 Å². The smallest absolute Gasteiger partial charge is 0.249 e. The number of anilines is 2. The second-order valence-corrected chi connectivity index (χ2v) is 25.9. The summed E-state index contributed by atoms with van der Waals surface area (Å²) in [6.07, 6.45) is 6.60. The summed E-state index contributed by atoms with van der Waals surface area (Å²) in [5, 5.41) is 15.6. The van der Waals surface area contributed by atoms with Crippen LogP contribution in [0.3, 0.4) is 0 Å². The van der Waals surface area contributed by atoms with Crippen molar-refractivity contribution in [3.8, 4) is 27.9 Å². The van der Waals surface area contributed by atoms with Crippen LogP contribution in [0.4, 0.5) is 11.4 Å². The Kier molecular flexibility index (Phi) is 10.1. The predicted molar refractivity (Wildman–Crippen MR) is 328 cm³/mol. The molecule has 0 unspecified atom stereocenters. The molecule has 0 aliphatic carbocycles. The zero-order valence-corrected chi connectivity index (χ0v) is 45.8. The normalized spacial score (nSPS) is 13.7. The number of benzene rings is 9. The Bertz CT molecular complexity index is 4320. The number of fused-ring (bicyclic) bond motifs is 17. The Balaban J connectivity index is 1.20. The fraction of sp³-hybridized carbons (Fsp3) is 0.225. The molecular weight excluding hydrogens is 906 g/mol. The molecule has 0 saturated carbocycles. The number of allylic oxidation sites excluding steroid dienone is 2. The maximum Gasteiger partial charge on any atom is 0.249 e. The minimum absolute atomic E-state index is 0.00233. The van der Waals surface area contributed by atoms with Crippen molar-refractivity contribution in [3.63, 3.8) is 0 Å². The van der Waals surface area contributed by atoms with Crippen LogP contribution in [0.15, 0.2) is 170 Å². The molecule has 4 heterocycles. The monoisotopic (exact) mass is 972 g/mol. The maximum absolute atomic E-state index is 5.06. The molecule has 0 saturated heterocycles. The molecule has 0 spiro atoms. The van der Waals surface area contributed by atoms with Crippen LogP contribution in [0.1, 0.15) is 105 Å². The van der Waals surface area contributed by atoms with Gasteiger partial charge in [-0.2, -0.15) is 0 Å². The quantitative estimate of drug-likeness (QED) is 0.141. The molecule has 0 atom stereocenters. The highest BCUT2D eigenvalue weighted by Crippen LogP contribution is 2.47. The van der Waals surface area contributed by atoms with Crippen LogP contribution < -0.4 is 21.7 Å². The van der Waals surface area contributed by atoms with Gasteiger partial charge in [0.05, 0.1) is 16.6 Å². The van der Waals surface area contributed by atoms with E-state index in [0.29, 0.717) is 0 Å². The molecule has 2 aromatic heterocycles. The lowest BCUT2D eigenvalue weighted by Gasteiger charge is -2.30. The molecule has 75 heavy (non-hydrogen) atoms. The number of rotatable bonds is 3. The van der Waals surface area contributed by atoms with Crippen molar-refractivity contribution in [2.75, 3.05) is 5.32 Å². The van der Waals surface area contributed by atoms with Gasteiger partial charge in [0, 0.05) is 50.5 Å². The Labute approximate surface area is 443 Å². The lowest BCUT2D eigenvalue weighted by molar-refractivity contribution is 0.519. The molecule has 9 aromatic carbocycles. The lowest BCUT2D eigenvalue weighted by atomic mass is 9.35. The first-order valence-electron chi connectivity index (χ1n) is 27.0. The van der Waals surface area contributed by atoms with Crippen LogP contribution in [0.2, 0.25) is 0 Å². The van der Waals surface area contributed by atoms with Gasteiger partial charge in [-0.05, 0) is 140 Å². The van der Waals surface area contributed by atoms with Crippen LogP contribution in [-0.2, 0) is 16.2 Å². The zero-order valence-electron chi connectivity index (χ0n) is 45.8. The minimum Gasteiger partial charge on any atom is -0.355 e. The number of hydrogen-bond acceptors (Lipinski definition) is 2. The van der Waals surface area contributed by atoms with Gasteiger partial charge in [0.2, 0.25) is 6.71 Å². The zero-order chi connectivity index (χ0) is 52.2. The highest BCUT2D eigenvalue weighted by Gasteiger charge is 2.39. The van der Waals surface area contributed by atoms with Crippen molar-refractivity contribution in [2.45, 2.75) is 99.3 Å². The Morgan fingerprint density at radius 1 is 0.560 bits per heavy atom. The van der Waals surface area contributed by atoms with Crippen LogP contribution in [0, 0.1) is 5.41 Å². The number of pyridine rings is 1. The van der Waals surface area contributed by atoms with Crippen LogP contribution in [0.5, 0.6) is 0 Å². The van der Waals surface area contributed by atoms with Crippen molar-refractivity contribution in [3.05, 3.63) is 192 Å². The second kappa shape index (κ2) is 16.2. The highest BCUT2D eigenvalue weighted by molar-refractivity contribution is 6.99. The number of nitrogens with zero attached hydrogens (tertiary/aromatic N) is 2. The van der Waals surface area contributed by atoms with Gasteiger partial charge in [0.1, 0.15) is 0 Å². The summed E-state index contributed by atoms with van der Waals surface area (Å²) in [6.45, 7) is 32.0. The van der Waals surface area contributed by atoms with Crippen LogP contribution >= 0.6 is 0 Å². The fourth-order valence-electron chi connectivity index (χ4n) is 12.2. The molecule has 0 radical (unpaired) electrons. The predicted octanol–water partition coefficient (Wildman–Crippen LogP) is 17.5. The van der Waals surface area contributed by atoms with E-state index in [1.807, 2.05) is 0 Å². The van der Waals surface area contributed by atoms with Crippen molar-refractivity contribution >= 4 is 106 Å². The summed E-state index contributed by atoms with van der Waals surface area (Å²) < 4.78 is 2.63. The fourth-order valence-corrected chi connectivity index (χ4v) is 12.2. The van der Waals surface area contributed by atoms with E-state index in [0.717, 1.165) is 39.0 Å². The molecule has 11 aromatic rings. The Morgan fingerprint density at radius 3 is 1.89 bits per heavy atom. The minimum atomic E-state index is -0.124. The van der Waals surface area contributed by atoms with Gasteiger partial charge < -0.3 is 9.88 Å². The van der Waals surface area contributed by atoms with Crippen molar-refractivity contribution in [1.82, 2.24) is 9.55 Å². The van der Waals surface area contributed by atoms with E-state index in [-0.39, 0.29) is 28.4 Å².